The van der Waals surface area contributed by atoms with Gasteiger partial charge in [-0.2, -0.15) is 0 Å². The second-order valence-corrected chi connectivity index (χ2v) is 6.92. The van der Waals surface area contributed by atoms with Gasteiger partial charge in [0.2, 0.25) is 0 Å². The van der Waals surface area contributed by atoms with Crippen molar-refractivity contribution in [1.82, 2.24) is 0 Å². The molecule has 1 aliphatic heterocycles. The topological polar surface area (TPSA) is 87.0 Å². The summed E-state index contributed by atoms with van der Waals surface area (Å²) in [6.07, 6.45) is 9.17. The zero-order chi connectivity index (χ0) is 18.3. The fourth-order valence-electron chi connectivity index (χ4n) is 3.62. The van der Waals surface area contributed by atoms with Crippen LogP contribution < -0.4 is 4.74 Å². The molecule has 4 rings (SSSR count). The van der Waals surface area contributed by atoms with Crippen LogP contribution in [-0.4, -0.2) is 39.9 Å². The van der Waals surface area contributed by atoms with Gasteiger partial charge in [-0.25, -0.2) is 0 Å². The Kier molecular flexibility index (Phi) is 4.05. The molecule has 1 aromatic rings. The van der Waals surface area contributed by atoms with Crippen LogP contribution in [0, 0.1) is 0 Å². The van der Waals surface area contributed by atoms with Crippen LogP contribution in [0.2, 0.25) is 0 Å². The van der Waals surface area contributed by atoms with E-state index in [9.17, 15) is 20.1 Å². The van der Waals surface area contributed by atoms with Gasteiger partial charge < -0.3 is 20.1 Å². The highest BCUT2D eigenvalue weighted by atomic mass is 16.5. The molecule has 1 heterocycles. The highest BCUT2D eigenvalue weighted by molar-refractivity contribution is 6.01. The molecule has 0 radical (unpaired) electrons. The summed E-state index contributed by atoms with van der Waals surface area (Å²) in [7, 11) is 0. The third kappa shape index (κ3) is 2.69. The van der Waals surface area contributed by atoms with Crippen molar-refractivity contribution in [2.24, 2.45) is 0 Å². The minimum absolute atomic E-state index is 0.0502. The Morgan fingerprint density at radius 1 is 1.15 bits per heavy atom. The standard InChI is InChI=1S/C21H20O5/c22-11-21(12-23)10-19(25)17-9-14(6-7-20(17)26-21)13-4-5-15(8-13)16-2-1-3-18(16)24/h1,3,5-9,22-24H,2,4,10-12H2. The largest absolute Gasteiger partial charge is 0.508 e. The van der Waals surface area contributed by atoms with Gasteiger partial charge in [-0.1, -0.05) is 24.3 Å². The van der Waals surface area contributed by atoms with E-state index in [0.717, 1.165) is 35.1 Å². The van der Waals surface area contributed by atoms with Gasteiger partial charge in [0.15, 0.2) is 11.4 Å². The number of aliphatic hydroxyl groups excluding tert-OH is 3. The molecule has 26 heavy (non-hydrogen) atoms. The number of aliphatic hydroxyl groups is 3. The fourth-order valence-corrected chi connectivity index (χ4v) is 3.62. The molecule has 5 heteroatoms. The van der Waals surface area contributed by atoms with E-state index in [4.69, 9.17) is 4.74 Å². The molecule has 3 N–H and O–H groups in total. The van der Waals surface area contributed by atoms with Gasteiger partial charge in [0.05, 0.1) is 25.2 Å². The van der Waals surface area contributed by atoms with Crippen LogP contribution in [0.3, 0.4) is 0 Å². The molecule has 0 unspecified atom stereocenters. The van der Waals surface area contributed by atoms with E-state index >= 15 is 0 Å². The van der Waals surface area contributed by atoms with E-state index in [1.807, 2.05) is 18.2 Å². The van der Waals surface area contributed by atoms with E-state index in [-0.39, 0.29) is 12.2 Å². The van der Waals surface area contributed by atoms with E-state index in [2.05, 4.69) is 6.08 Å². The average Bonchev–Trinajstić information content (AvgIpc) is 3.30. The van der Waals surface area contributed by atoms with Crippen molar-refractivity contribution in [1.29, 1.82) is 0 Å². The summed E-state index contributed by atoms with van der Waals surface area (Å²) in [4.78, 5) is 12.5. The monoisotopic (exact) mass is 352 g/mol. The van der Waals surface area contributed by atoms with Gasteiger partial charge >= 0.3 is 0 Å². The van der Waals surface area contributed by atoms with Gasteiger partial charge in [-0.15, -0.1) is 0 Å². The van der Waals surface area contributed by atoms with Crippen molar-refractivity contribution in [3.05, 3.63) is 70.5 Å². The van der Waals surface area contributed by atoms with Crippen molar-refractivity contribution in [3.63, 3.8) is 0 Å². The number of benzene rings is 1. The first-order valence-corrected chi connectivity index (χ1v) is 8.63. The Bertz CT molecular complexity index is 897. The highest BCUT2D eigenvalue weighted by Gasteiger charge is 2.40. The molecule has 0 spiro atoms. The molecule has 0 saturated heterocycles. The summed E-state index contributed by atoms with van der Waals surface area (Å²) in [6.45, 7) is -0.830. The van der Waals surface area contributed by atoms with Crippen LogP contribution >= 0.6 is 0 Å². The molecular formula is C21H20O5. The summed E-state index contributed by atoms with van der Waals surface area (Å²) >= 11 is 0. The fraction of sp³-hybridized carbons (Fsp3) is 0.286. The number of ketones is 1. The Hall–Kier alpha value is -2.63. The van der Waals surface area contributed by atoms with Gasteiger partial charge in [0.25, 0.3) is 0 Å². The molecule has 2 aliphatic carbocycles. The number of Topliss-reactive ketones (excluding diaryl/α,β-unsaturated/α-hetero) is 1. The normalized spacial score (nSPS) is 20.8. The maximum atomic E-state index is 12.5. The Labute approximate surface area is 151 Å². The van der Waals surface area contributed by atoms with E-state index in [1.54, 1.807) is 18.2 Å². The van der Waals surface area contributed by atoms with Gasteiger partial charge in [0, 0.05) is 5.57 Å². The molecule has 0 aromatic heterocycles. The maximum absolute atomic E-state index is 12.5. The minimum atomic E-state index is -1.24. The van der Waals surface area contributed by atoms with Crippen LogP contribution in [0.25, 0.3) is 5.57 Å². The first kappa shape index (κ1) is 16.8. The molecule has 0 saturated carbocycles. The summed E-state index contributed by atoms with van der Waals surface area (Å²) in [6, 6.07) is 5.40. The number of allylic oxidation sites excluding steroid dienone is 7. The SMILES string of the molecule is O=C1CC(CO)(CO)Oc2ccc(C3=CC(C4=C(O)C=CC4)=CC3)cc21. The Morgan fingerprint density at radius 2 is 1.96 bits per heavy atom. The third-order valence-corrected chi connectivity index (χ3v) is 5.16. The molecule has 0 atom stereocenters. The average molecular weight is 352 g/mol. The summed E-state index contributed by atoms with van der Waals surface area (Å²) < 4.78 is 5.72. The van der Waals surface area contributed by atoms with Crippen molar-refractivity contribution in [3.8, 4) is 5.75 Å². The number of hydrogen-bond donors (Lipinski definition) is 3. The molecular weight excluding hydrogens is 332 g/mol. The predicted molar refractivity (Wildman–Crippen MR) is 97.0 cm³/mol. The number of fused-ring (bicyclic) bond motifs is 1. The lowest BCUT2D eigenvalue weighted by Crippen LogP contribution is -2.48. The van der Waals surface area contributed by atoms with E-state index < -0.39 is 18.8 Å². The summed E-state index contributed by atoms with van der Waals surface area (Å²) in [5.74, 6) is 0.552. The summed E-state index contributed by atoms with van der Waals surface area (Å²) in [5, 5.41) is 28.9. The smallest absolute Gasteiger partial charge is 0.170 e. The minimum Gasteiger partial charge on any atom is -0.508 e. The van der Waals surface area contributed by atoms with Crippen LogP contribution in [-0.2, 0) is 0 Å². The van der Waals surface area contributed by atoms with E-state index in [1.165, 1.54) is 0 Å². The summed E-state index contributed by atoms with van der Waals surface area (Å²) in [5.41, 5.74) is 3.17. The number of hydrogen-bond acceptors (Lipinski definition) is 5. The van der Waals surface area contributed by atoms with E-state index in [0.29, 0.717) is 17.1 Å². The van der Waals surface area contributed by atoms with Gasteiger partial charge in [-0.05, 0) is 47.8 Å². The maximum Gasteiger partial charge on any atom is 0.170 e. The lowest BCUT2D eigenvalue weighted by Gasteiger charge is -2.35. The molecule has 0 bridgehead atoms. The number of carbonyl (C=O) groups excluding carboxylic acids is 1. The quantitative estimate of drug-likeness (QED) is 0.776. The zero-order valence-corrected chi connectivity index (χ0v) is 14.2. The van der Waals surface area contributed by atoms with Crippen LogP contribution in [0.15, 0.2) is 59.4 Å². The second-order valence-electron chi connectivity index (χ2n) is 6.92. The number of ether oxygens (including phenoxy) is 1. The molecule has 0 fully saturated rings. The van der Waals surface area contributed by atoms with Crippen molar-refractivity contribution < 1.29 is 24.9 Å². The molecule has 1 aromatic carbocycles. The van der Waals surface area contributed by atoms with Crippen LogP contribution in [0.5, 0.6) is 5.75 Å². The zero-order valence-electron chi connectivity index (χ0n) is 14.2. The van der Waals surface area contributed by atoms with Crippen molar-refractivity contribution in [2.45, 2.75) is 24.9 Å². The lowest BCUT2D eigenvalue weighted by atomic mass is 9.89. The van der Waals surface area contributed by atoms with Gasteiger partial charge in [-0.3, -0.25) is 4.79 Å². The molecule has 134 valence electrons. The van der Waals surface area contributed by atoms with Gasteiger partial charge in [0.1, 0.15) is 11.5 Å². The Balaban J connectivity index is 1.63. The predicted octanol–water partition coefficient (Wildman–Crippen LogP) is 2.86. The lowest BCUT2D eigenvalue weighted by molar-refractivity contribution is -0.0403. The molecule has 5 nitrogen and oxygen atoms in total. The first-order chi connectivity index (χ1) is 12.5. The van der Waals surface area contributed by atoms with Crippen molar-refractivity contribution in [2.75, 3.05) is 13.2 Å². The second kappa shape index (κ2) is 6.27. The van der Waals surface area contributed by atoms with Crippen LogP contribution in [0.1, 0.15) is 35.2 Å². The first-order valence-electron chi connectivity index (χ1n) is 8.63. The van der Waals surface area contributed by atoms with Crippen LogP contribution in [0.4, 0.5) is 0 Å². The Morgan fingerprint density at radius 3 is 2.65 bits per heavy atom. The number of carbonyl (C=O) groups is 1. The number of rotatable bonds is 4. The molecule has 0 amide bonds. The van der Waals surface area contributed by atoms with Crippen molar-refractivity contribution >= 4 is 11.4 Å². The third-order valence-electron chi connectivity index (χ3n) is 5.16. The molecule has 3 aliphatic rings. The highest BCUT2D eigenvalue weighted by Crippen LogP contribution is 2.38.